The van der Waals surface area contributed by atoms with Gasteiger partial charge in [-0.3, -0.25) is 4.68 Å². The highest BCUT2D eigenvalue weighted by atomic mass is 16.5. The van der Waals surface area contributed by atoms with Crippen molar-refractivity contribution < 1.29 is 4.74 Å². The molecular weight excluding hydrogens is 214 g/mol. The molecule has 0 unspecified atom stereocenters. The fraction of sp³-hybridized carbons (Fsp3) is 0.308. The van der Waals surface area contributed by atoms with Crippen molar-refractivity contribution in [2.75, 3.05) is 12.3 Å². The van der Waals surface area contributed by atoms with Gasteiger partial charge in [-0.2, -0.15) is 5.10 Å². The standard InChI is InChI=1S/C13H17N3O/c1-3-17-12-7-5-4-6-10(12)8-11-9-15-16(2)13(11)14/h4-7,9H,3,8,14H2,1-2H3. The Bertz CT molecular complexity index is 505. The second-order valence-electron chi connectivity index (χ2n) is 3.90. The Labute approximate surface area is 101 Å². The average Bonchev–Trinajstić information content (AvgIpc) is 2.64. The van der Waals surface area contributed by atoms with Crippen LogP contribution in [0.15, 0.2) is 30.5 Å². The maximum Gasteiger partial charge on any atom is 0.124 e. The summed E-state index contributed by atoms with van der Waals surface area (Å²) >= 11 is 0. The first-order valence-electron chi connectivity index (χ1n) is 5.69. The van der Waals surface area contributed by atoms with Gasteiger partial charge < -0.3 is 10.5 Å². The normalized spacial score (nSPS) is 10.5. The van der Waals surface area contributed by atoms with Crippen LogP contribution in [0.5, 0.6) is 5.75 Å². The van der Waals surface area contributed by atoms with Crippen molar-refractivity contribution in [2.45, 2.75) is 13.3 Å². The number of nitrogens with two attached hydrogens (primary N) is 1. The van der Waals surface area contributed by atoms with Crippen molar-refractivity contribution in [3.05, 3.63) is 41.6 Å². The molecule has 90 valence electrons. The Hall–Kier alpha value is -1.97. The topological polar surface area (TPSA) is 53.1 Å². The first kappa shape index (κ1) is 11.5. The van der Waals surface area contributed by atoms with E-state index < -0.39 is 0 Å². The van der Waals surface area contributed by atoms with Gasteiger partial charge in [0.25, 0.3) is 0 Å². The largest absolute Gasteiger partial charge is 0.494 e. The van der Waals surface area contributed by atoms with E-state index in [0.29, 0.717) is 12.4 Å². The van der Waals surface area contributed by atoms with Gasteiger partial charge >= 0.3 is 0 Å². The highest BCUT2D eigenvalue weighted by molar-refractivity contribution is 5.45. The number of aryl methyl sites for hydroxylation is 1. The number of nitrogen functional groups attached to an aromatic ring is 1. The van der Waals surface area contributed by atoms with Gasteiger partial charge in [0, 0.05) is 19.0 Å². The molecule has 4 nitrogen and oxygen atoms in total. The first-order chi connectivity index (χ1) is 8.22. The zero-order chi connectivity index (χ0) is 12.3. The van der Waals surface area contributed by atoms with E-state index in [-0.39, 0.29) is 0 Å². The lowest BCUT2D eigenvalue weighted by atomic mass is 10.1. The van der Waals surface area contributed by atoms with E-state index in [4.69, 9.17) is 10.5 Å². The summed E-state index contributed by atoms with van der Waals surface area (Å²) in [5, 5.41) is 4.14. The second kappa shape index (κ2) is 4.91. The van der Waals surface area contributed by atoms with Gasteiger partial charge in [0.1, 0.15) is 11.6 Å². The molecule has 1 heterocycles. The molecule has 0 amide bonds. The van der Waals surface area contributed by atoms with Crippen LogP contribution in [0.3, 0.4) is 0 Å². The predicted octanol–water partition coefficient (Wildman–Crippen LogP) is 1.99. The summed E-state index contributed by atoms with van der Waals surface area (Å²) in [6, 6.07) is 8.01. The van der Waals surface area contributed by atoms with E-state index in [9.17, 15) is 0 Å². The van der Waals surface area contributed by atoms with Gasteiger partial charge in [0.2, 0.25) is 0 Å². The number of benzene rings is 1. The lowest BCUT2D eigenvalue weighted by Crippen LogP contribution is -2.01. The maximum absolute atomic E-state index is 5.93. The minimum atomic E-state index is 0.666. The summed E-state index contributed by atoms with van der Waals surface area (Å²) in [7, 11) is 1.84. The van der Waals surface area contributed by atoms with Crippen LogP contribution < -0.4 is 10.5 Å². The van der Waals surface area contributed by atoms with Crippen molar-refractivity contribution >= 4 is 5.82 Å². The Morgan fingerprint density at radius 1 is 1.29 bits per heavy atom. The third-order valence-electron chi connectivity index (χ3n) is 2.72. The van der Waals surface area contributed by atoms with Crippen LogP contribution in [-0.4, -0.2) is 16.4 Å². The maximum atomic E-state index is 5.93. The molecule has 0 saturated heterocycles. The van der Waals surface area contributed by atoms with Gasteiger partial charge in [-0.05, 0) is 18.6 Å². The van der Waals surface area contributed by atoms with Crippen LogP contribution in [-0.2, 0) is 13.5 Å². The lowest BCUT2D eigenvalue weighted by Gasteiger charge is -2.09. The third kappa shape index (κ3) is 2.41. The SMILES string of the molecule is CCOc1ccccc1Cc1cnn(C)c1N. The average molecular weight is 231 g/mol. The molecule has 1 aromatic carbocycles. The van der Waals surface area contributed by atoms with E-state index in [0.717, 1.165) is 23.3 Å². The number of hydrogen-bond donors (Lipinski definition) is 1. The van der Waals surface area contributed by atoms with E-state index in [1.54, 1.807) is 10.9 Å². The number of hydrogen-bond acceptors (Lipinski definition) is 3. The summed E-state index contributed by atoms with van der Waals surface area (Å²) in [6.45, 7) is 2.65. The van der Waals surface area contributed by atoms with Crippen LogP contribution in [0.4, 0.5) is 5.82 Å². The minimum Gasteiger partial charge on any atom is -0.494 e. The number of ether oxygens (including phenoxy) is 1. The van der Waals surface area contributed by atoms with E-state index in [1.165, 1.54) is 0 Å². The van der Waals surface area contributed by atoms with Crippen molar-refractivity contribution in [1.29, 1.82) is 0 Å². The van der Waals surface area contributed by atoms with Crippen LogP contribution >= 0.6 is 0 Å². The molecule has 0 aliphatic rings. The molecule has 0 radical (unpaired) electrons. The van der Waals surface area contributed by atoms with Gasteiger partial charge in [-0.25, -0.2) is 0 Å². The molecule has 1 aromatic heterocycles. The molecule has 0 fully saturated rings. The molecule has 2 N–H and O–H groups in total. The van der Waals surface area contributed by atoms with Crippen molar-refractivity contribution in [1.82, 2.24) is 9.78 Å². The summed E-state index contributed by atoms with van der Waals surface area (Å²) in [6.07, 6.45) is 2.55. The second-order valence-corrected chi connectivity index (χ2v) is 3.90. The molecule has 4 heteroatoms. The number of aromatic nitrogens is 2. The minimum absolute atomic E-state index is 0.666. The van der Waals surface area contributed by atoms with Crippen molar-refractivity contribution in [3.8, 4) is 5.75 Å². The molecule has 0 saturated carbocycles. The van der Waals surface area contributed by atoms with E-state index in [2.05, 4.69) is 11.2 Å². The van der Waals surface area contributed by atoms with E-state index >= 15 is 0 Å². The van der Waals surface area contributed by atoms with Crippen molar-refractivity contribution in [2.24, 2.45) is 7.05 Å². The number of para-hydroxylation sites is 1. The first-order valence-corrected chi connectivity index (χ1v) is 5.69. The molecule has 0 bridgehead atoms. The molecule has 0 aliphatic carbocycles. The molecular formula is C13H17N3O. The van der Waals surface area contributed by atoms with Crippen LogP contribution in [0.2, 0.25) is 0 Å². The molecule has 0 spiro atoms. The Morgan fingerprint density at radius 2 is 2.06 bits per heavy atom. The number of rotatable bonds is 4. The zero-order valence-corrected chi connectivity index (χ0v) is 10.2. The Balaban J connectivity index is 2.26. The van der Waals surface area contributed by atoms with Gasteiger partial charge in [-0.1, -0.05) is 18.2 Å². The highest BCUT2D eigenvalue weighted by Gasteiger charge is 2.09. The molecule has 2 aromatic rings. The van der Waals surface area contributed by atoms with Crippen LogP contribution in [0.25, 0.3) is 0 Å². The zero-order valence-electron chi connectivity index (χ0n) is 10.2. The van der Waals surface area contributed by atoms with Crippen LogP contribution in [0, 0.1) is 0 Å². The smallest absolute Gasteiger partial charge is 0.124 e. The fourth-order valence-electron chi connectivity index (χ4n) is 1.78. The number of nitrogens with zero attached hydrogens (tertiary/aromatic N) is 2. The van der Waals surface area contributed by atoms with Gasteiger partial charge in [-0.15, -0.1) is 0 Å². The molecule has 2 rings (SSSR count). The summed E-state index contributed by atoms with van der Waals surface area (Å²) in [5.74, 6) is 1.62. The fourth-order valence-corrected chi connectivity index (χ4v) is 1.78. The monoisotopic (exact) mass is 231 g/mol. The van der Waals surface area contributed by atoms with Crippen LogP contribution in [0.1, 0.15) is 18.1 Å². The molecule has 0 aliphatic heterocycles. The van der Waals surface area contributed by atoms with Gasteiger partial charge in [0.15, 0.2) is 0 Å². The predicted molar refractivity (Wildman–Crippen MR) is 68.0 cm³/mol. The Morgan fingerprint density at radius 3 is 2.71 bits per heavy atom. The third-order valence-corrected chi connectivity index (χ3v) is 2.72. The summed E-state index contributed by atoms with van der Waals surface area (Å²) in [5.41, 5.74) is 8.09. The molecule has 17 heavy (non-hydrogen) atoms. The van der Waals surface area contributed by atoms with E-state index in [1.807, 2.05) is 32.2 Å². The lowest BCUT2D eigenvalue weighted by molar-refractivity contribution is 0.337. The quantitative estimate of drug-likeness (QED) is 0.875. The molecule has 0 atom stereocenters. The highest BCUT2D eigenvalue weighted by Crippen LogP contribution is 2.23. The Kier molecular flexibility index (Phi) is 3.32. The van der Waals surface area contributed by atoms with Crippen molar-refractivity contribution in [3.63, 3.8) is 0 Å². The summed E-state index contributed by atoms with van der Waals surface area (Å²) in [4.78, 5) is 0. The number of anilines is 1. The summed E-state index contributed by atoms with van der Waals surface area (Å²) < 4.78 is 7.27. The van der Waals surface area contributed by atoms with Gasteiger partial charge in [0.05, 0.1) is 12.8 Å².